The van der Waals surface area contributed by atoms with Gasteiger partial charge in [0.05, 0.1) is 24.8 Å². The summed E-state index contributed by atoms with van der Waals surface area (Å²) in [4.78, 5) is 20.2. The Morgan fingerprint density at radius 2 is 1.90 bits per heavy atom. The number of nitrogens with zero attached hydrogens (tertiary/aromatic N) is 2. The molecular formula is C24H27N3O3. The highest BCUT2D eigenvalue weighted by Gasteiger charge is 2.22. The maximum atomic E-state index is 13.1. The van der Waals surface area contributed by atoms with E-state index < -0.39 is 0 Å². The second-order valence-electron chi connectivity index (χ2n) is 7.35. The number of rotatable bonds is 7. The molecule has 1 aliphatic heterocycles. The average molecular weight is 405 g/mol. The summed E-state index contributed by atoms with van der Waals surface area (Å²) in [7, 11) is 1.61. The molecule has 0 atom stereocenters. The summed E-state index contributed by atoms with van der Waals surface area (Å²) in [5.74, 6) is 2.01. The number of hydrogen-bond acceptors (Lipinski definition) is 5. The maximum Gasteiger partial charge on any atom is 0.255 e. The van der Waals surface area contributed by atoms with Gasteiger partial charge in [0.2, 0.25) is 0 Å². The molecule has 2 aromatic carbocycles. The van der Waals surface area contributed by atoms with Crippen LogP contribution in [0, 0.1) is 0 Å². The Morgan fingerprint density at radius 1 is 1.10 bits per heavy atom. The van der Waals surface area contributed by atoms with Crippen molar-refractivity contribution in [1.29, 1.82) is 0 Å². The normalized spacial score (nSPS) is 13.5. The SMILES string of the molecule is CCOc1ccc(CNC(=O)c2cc3ccccc3nc2N2CCCC2)cc1OC. The first-order valence-electron chi connectivity index (χ1n) is 10.4. The first kappa shape index (κ1) is 20.0. The highest BCUT2D eigenvalue weighted by Crippen LogP contribution is 2.29. The van der Waals surface area contributed by atoms with Crippen LogP contribution in [0.25, 0.3) is 10.9 Å². The topological polar surface area (TPSA) is 63.7 Å². The summed E-state index contributed by atoms with van der Waals surface area (Å²) in [6, 6.07) is 15.6. The maximum absolute atomic E-state index is 13.1. The van der Waals surface area contributed by atoms with Crippen molar-refractivity contribution in [3.63, 3.8) is 0 Å². The molecule has 0 saturated carbocycles. The number of fused-ring (bicyclic) bond motifs is 1. The number of ether oxygens (including phenoxy) is 2. The molecule has 1 amide bonds. The lowest BCUT2D eigenvalue weighted by Crippen LogP contribution is -2.28. The van der Waals surface area contributed by atoms with Crippen molar-refractivity contribution >= 4 is 22.6 Å². The largest absolute Gasteiger partial charge is 0.493 e. The number of nitrogens with one attached hydrogen (secondary N) is 1. The van der Waals surface area contributed by atoms with Crippen LogP contribution in [0.1, 0.15) is 35.7 Å². The molecule has 0 unspecified atom stereocenters. The Labute approximate surface area is 176 Å². The lowest BCUT2D eigenvalue weighted by Gasteiger charge is -2.20. The van der Waals surface area contributed by atoms with Crippen molar-refractivity contribution in [2.24, 2.45) is 0 Å². The molecule has 0 aliphatic carbocycles. The third-order valence-corrected chi connectivity index (χ3v) is 5.34. The predicted molar refractivity (Wildman–Crippen MR) is 119 cm³/mol. The fraction of sp³-hybridized carbons (Fsp3) is 0.333. The van der Waals surface area contributed by atoms with Crippen molar-refractivity contribution in [3.8, 4) is 11.5 Å². The van der Waals surface area contributed by atoms with Gasteiger partial charge in [-0.1, -0.05) is 24.3 Å². The Morgan fingerprint density at radius 3 is 2.67 bits per heavy atom. The summed E-state index contributed by atoms with van der Waals surface area (Å²) in [6.07, 6.45) is 2.25. The van der Waals surface area contributed by atoms with Crippen LogP contribution in [0.3, 0.4) is 0 Å². The number of benzene rings is 2. The summed E-state index contributed by atoms with van der Waals surface area (Å²) in [5.41, 5.74) is 2.47. The van der Waals surface area contributed by atoms with Crippen LogP contribution < -0.4 is 19.7 Å². The molecule has 3 aromatic rings. The first-order valence-corrected chi connectivity index (χ1v) is 10.4. The molecule has 30 heavy (non-hydrogen) atoms. The highest BCUT2D eigenvalue weighted by molar-refractivity contribution is 6.02. The summed E-state index contributed by atoms with van der Waals surface area (Å²) < 4.78 is 11.0. The average Bonchev–Trinajstić information content (AvgIpc) is 3.32. The van der Waals surface area contributed by atoms with Crippen LogP contribution in [-0.2, 0) is 6.54 Å². The quantitative estimate of drug-likeness (QED) is 0.639. The van der Waals surface area contributed by atoms with E-state index in [9.17, 15) is 4.79 Å². The molecule has 1 fully saturated rings. The number of carbonyl (C=O) groups is 1. The predicted octanol–water partition coefficient (Wildman–Crippen LogP) is 4.17. The third-order valence-electron chi connectivity index (χ3n) is 5.34. The second-order valence-corrected chi connectivity index (χ2v) is 7.35. The summed E-state index contributed by atoms with van der Waals surface area (Å²) in [5, 5.41) is 4.01. The van der Waals surface area contributed by atoms with Crippen LogP contribution in [0.5, 0.6) is 11.5 Å². The van der Waals surface area contributed by atoms with Crippen molar-refractivity contribution in [1.82, 2.24) is 10.3 Å². The molecule has 0 radical (unpaired) electrons. The fourth-order valence-electron chi connectivity index (χ4n) is 3.82. The molecule has 1 saturated heterocycles. The van der Waals surface area contributed by atoms with Crippen molar-refractivity contribution in [3.05, 3.63) is 59.7 Å². The number of hydrogen-bond donors (Lipinski definition) is 1. The number of pyridine rings is 1. The Balaban J connectivity index is 1.57. The molecule has 1 aliphatic rings. The summed E-state index contributed by atoms with van der Waals surface area (Å²) in [6.45, 7) is 4.76. The van der Waals surface area contributed by atoms with Crippen molar-refractivity contribution in [2.45, 2.75) is 26.3 Å². The number of carbonyl (C=O) groups excluding carboxylic acids is 1. The zero-order chi connectivity index (χ0) is 20.9. The van der Waals surface area contributed by atoms with Gasteiger partial charge in [-0.2, -0.15) is 0 Å². The standard InChI is InChI=1S/C24H27N3O3/c1-3-30-21-11-10-17(14-22(21)29-2)16-25-24(28)19-15-18-8-4-5-9-20(18)26-23(19)27-12-6-7-13-27/h4-5,8-11,14-15H,3,6-7,12-13,16H2,1-2H3,(H,25,28). The van der Waals surface area contributed by atoms with Gasteiger partial charge >= 0.3 is 0 Å². The smallest absolute Gasteiger partial charge is 0.255 e. The molecular weight excluding hydrogens is 378 g/mol. The minimum atomic E-state index is -0.122. The lowest BCUT2D eigenvalue weighted by atomic mass is 10.1. The van der Waals surface area contributed by atoms with Gasteiger partial charge in [0, 0.05) is 25.0 Å². The van der Waals surface area contributed by atoms with Gasteiger partial charge in [-0.15, -0.1) is 0 Å². The number of anilines is 1. The number of para-hydroxylation sites is 1. The first-order chi connectivity index (χ1) is 14.7. The van der Waals surface area contributed by atoms with E-state index in [-0.39, 0.29) is 5.91 Å². The Kier molecular flexibility index (Phi) is 6.02. The molecule has 4 rings (SSSR count). The zero-order valence-electron chi connectivity index (χ0n) is 17.5. The van der Waals surface area contributed by atoms with Gasteiger partial charge in [0.15, 0.2) is 11.5 Å². The van der Waals surface area contributed by atoms with Gasteiger partial charge < -0.3 is 19.7 Å². The number of aromatic nitrogens is 1. The van der Waals surface area contributed by atoms with Crippen LogP contribution in [-0.4, -0.2) is 37.7 Å². The molecule has 1 N–H and O–H groups in total. The Bertz CT molecular complexity index is 1050. The molecule has 6 heteroatoms. The van der Waals surface area contributed by atoms with Gasteiger partial charge in [-0.3, -0.25) is 4.79 Å². The number of methoxy groups -OCH3 is 1. The minimum Gasteiger partial charge on any atom is -0.493 e. The van der Waals surface area contributed by atoms with Crippen LogP contribution in [0.15, 0.2) is 48.5 Å². The van der Waals surface area contributed by atoms with E-state index in [1.165, 1.54) is 0 Å². The molecule has 1 aromatic heterocycles. The molecule has 0 spiro atoms. The van der Waals surface area contributed by atoms with E-state index in [2.05, 4.69) is 10.2 Å². The second kappa shape index (κ2) is 9.03. The lowest BCUT2D eigenvalue weighted by molar-refractivity contribution is 0.0951. The summed E-state index contributed by atoms with van der Waals surface area (Å²) >= 11 is 0. The molecule has 2 heterocycles. The van der Waals surface area contributed by atoms with E-state index in [1.807, 2.05) is 55.5 Å². The zero-order valence-corrected chi connectivity index (χ0v) is 17.5. The van der Waals surface area contributed by atoms with Gasteiger partial charge in [0.1, 0.15) is 5.82 Å². The van der Waals surface area contributed by atoms with Gasteiger partial charge in [-0.05, 0) is 49.6 Å². The highest BCUT2D eigenvalue weighted by atomic mass is 16.5. The van der Waals surface area contributed by atoms with Crippen LogP contribution in [0.4, 0.5) is 5.82 Å². The van der Waals surface area contributed by atoms with E-state index in [4.69, 9.17) is 14.5 Å². The fourth-order valence-corrected chi connectivity index (χ4v) is 3.82. The molecule has 156 valence electrons. The monoisotopic (exact) mass is 405 g/mol. The number of amides is 1. The van der Waals surface area contributed by atoms with Crippen LogP contribution in [0.2, 0.25) is 0 Å². The van der Waals surface area contributed by atoms with Crippen LogP contribution >= 0.6 is 0 Å². The van der Waals surface area contributed by atoms with E-state index in [0.717, 1.165) is 48.2 Å². The third kappa shape index (κ3) is 4.17. The van der Waals surface area contributed by atoms with Gasteiger partial charge in [0.25, 0.3) is 5.91 Å². The van der Waals surface area contributed by atoms with E-state index in [1.54, 1.807) is 7.11 Å². The minimum absolute atomic E-state index is 0.122. The molecule has 6 nitrogen and oxygen atoms in total. The van der Waals surface area contributed by atoms with E-state index in [0.29, 0.717) is 30.2 Å². The molecule has 0 bridgehead atoms. The van der Waals surface area contributed by atoms with Crippen molar-refractivity contribution in [2.75, 3.05) is 31.7 Å². The van der Waals surface area contributed by atoms with Crippen molar-refractivity contribution < 1.29 is 14.3 Å². The Hall–Kier alpha value is -3.28. The van der Waals surface area contributed by atoms with E-state index >= 15 is 0 Å². The van der Waals surface area contributed by atoms with Gasteiger partial charge in [-0.25, -0.2) is 4.98 Å².